The third-order valence-electron chi connectivity index (χ3n) is 1.92. The minimum Gasteiger partial charge on any atom is -0.359 e. The molecule has 4 nitrogen and oxygen atoms in total. The predicted molar refractivity (Wildman–Crippen MR) is 57.9 cm³/mol. The Labute approximate surface area is 89.6 Å². The first-order valence-corrected chi connectivity index (χ1v) is 4.92. The van der Waals surface area contributed by atoms with Gasteiger partial charge in [0.1, 0.15) is 0 Å². The molecule has 15 heavy (non-hydrogen) atoms. The molecule has 0 spiro atoms. The molecule has 0 saturated carbocycles. The Bertz CT molecular complexity index is 288. The fourth-order valence-corrected chi connectivity index (χ4v) is 1.07. The van der Waals surface area contributed by atoms with E-state index in [1.807, 2.05) is 30.3 Å². The third kappa shape index (κ3) is 5.15. The first kappa shape index (κ1) is 11.7. The van der Waals surface area contributed by atoms with Gasteiger partial charge in [0, 0.05) is 20.0 Å². The molecule has 0 aliphatic carbocycles. The van der Waals surface area contributed by atoms with Crippen LogP contribution in [0.4, 0.5) is 0 Å². The third-order valence-corrected chi connectivity index (χ3v) is 1.92. The number of carbonyl (C=O) groups excluding carboxylic acids is 1. The van der Waals surface area contributed by atoms with Crippen LogP contribution in [0.25, 0.3) is 0 Å². The van der Waals surface area contributed by atoms with Gasteiger partial charge in [-0.15, -0.1) is 0 Å². The van der Waals surface area contributed by atoms with E-state index in [-0.39, 0.29) is 5.91 Å². The van der Waals surface area contributed by atoms with Crippen molar-refractivity contribution in [1.29, 1.82) is 0 Å². The lowest BCUT2D eigenvalue weighted by Crippen LogP contribution is -2.24. The molecular weight excluding hydrogens is 192 g/mol. The summed E-state index contributed by atoms with van der Waals surface area (Å²) in [5, 5.41) is 2.54. The monoisotopic (exact) mass is 208 g/mol. The van der Waals surface area contributed by atoms with Gasteiger partial charge in [0.2, 0.25) is 5.91 Å². The Morgan fingerprint density at radius 1 is 1.33 bits per heavy atom. The summed E-state index contributed by atoms with van der Waals surface area (Å²) in [5.74, 6) is 0.00538. The highest BCUT2D eigenvalue weighted by molar-refractivity contribution is 5.75. The van der Waals surface area contributed by atoms with E-state index in [2.05, 4.69) is 10.8 Å². The molecule has 0 heterocycles. The second-order valence-corrected chi connectivity index (χ2v) is 3.09. The molecule has 0 unspecified atom stereocenters. The van der Waals surface area contributed by atoms with Gasteiger partial charge in [0.05, 0.1) is 6.61 Å². The average molecular weight is 208 g/mol. The van der Waals surface area contributed by atoms with E-state index < -0.39 is 0 Å². The lowest BCUT2D eigenvalue weighted by Gasteiger charge is -2.05. The first-order chi connectivity index (χ1) is 7.33. The second kappa shape index (κ2) is 6.98. The fourth-order valence-electron chi connectivity index (χ4n) is 1.07. The van der Waals surface area contributed by atoms with Crippen LogP contribution in [0, 0.1) is 0 Å². The SMILES string of the molecule is CNC(=O)CCNOCc1ccccc1. The van der Waals surface area contributed by atoms with E-state index in [0.29, 0.717) is 19.6 Å². The van der Waals surface area contributed by atoms with Crippen LogP contribution in [0.3, 0.4) is 0 Å². The highest BCUT2D eigenvalue weighted by Crippen LogP contribution is 1.98. The number of carbonyl (C=O) groups is 1. The lowest BCUT2D eigenvalue weighted by molar-refractivity contribution is -0.121. The number of hydroxylamine groups is 1. The number of nitrogens with one attached hydrogen (secondary N) is 2. The van der Waals surface area contributed by atoms with Gasteiger partial charge < -0.3 is 5.32 Å². The summed E-state index contributed by atoms with van der Waals surface area (Å²) in [4.78, 5) is 16.0. The van der Waals surface area contributed by atoms with E-state index in [1.165, 1.54) is 0 Å². The highest BCUT2D eigenvalue weighted by atomic mass is 16.6. The van der Waals surface area contributed by atoms with Crippen LogP contribution in [-0.2, 0) is 16.2 Å². The molecule has 2 N–H and O–H groups in total. The van der Waals surface area contributed by atoms with Crippen molar-refractivity contribution in [1.82, 2.24) is 10.8 Å². The van der Waals surface area contributed by atoms with Gasteiger partial charge in [0.15, 0.2) is 0 Å². The maximum atomic E-state index is 10.8. The molecule has 1 rings (SSSR count). The quantitative estimate of drug-likeness (QED) is 0.538. The molecule has 0 atom stereocenters. The molecule has 0 bridgehead atoms. The lowest BCUT2D eigenvalue weighted by atomic mass is 10.2. The van der Waals surface area contributed by atoms with Crippen molar-refractivity contribution in [2.75, 3.05) is 13.6 Å². The molecule has 4 heteroatoms. The molecular formula is C11H16N2O2. The second-order valence-electron chi connectivity index (χ2n) is 3.09. The van der Waals surface area contributed by atoms with E-state index in [0.717, 1.165) is 5.56 Å². The number of hydrogen-bond acceptors (Lipinski definition) is 3. The normalized spacial score (nSPS) is 9.93. The summed E-state index contributed by atoms with van der Waals surface area (Å²) in [6.45, 7) is 1.03. The van der Waals surface area contributed by atoms with Gasteiger partial charge in [-0.3, -0.25) is 9.63 Å². The summed E-state index contributed by atoms with van der Waals surface area (Å²) < 4.78 is 0. The summed E-state index contributed by atoms with van der Waals surface area (Å²) in [7, 11) is 1.62. The average Bonchev–Trinajstić information content (AvgIpc) is 2.29. The molecule has 0 aromatic heterocycles. The van der Waals surface area contributed by atoms with Gasteiger partial charge >= 0.3 is 0 Å². The Morgan fingerprint density at radius 3 is 2.73 bits per heavy atom. The molecule has 0 radical (unpaired) electrons. The number of amides is 1. The number of benzene rings is 1. The van der Waals surface area contributed by atoms with Gasteiger partial charge in [-0.1, -0.05) is 30.3 Å². The van der Waals surface area contributed by atoms with Crippen LogP contribution in [-0.4, -0.2) is 19.5 Å². The minimum absolute atomic E-state index is 0.00538. The van der Waals surface area contributed by atoms with Crippen LogP contribution < -0.4 is 10.8 Å². The van der Waals surface area contributed by atoms with E-state index in [4.69, 9.17) is 4.84 Å². The summed E-state index contributed by atoms with van der Waals surface area (Å²) >= 11 is 0. The molecule has 1 amide bonds. The van der Waals surface area contributed by atoms with Crippen LogP contribution in [0.15, 0.2) is 30.3 Å². The molecule has 1 aromatic carbocycles. The molecule has 1 aromatic rings. The number of hydrogen-bond donors (Lipinski definition) is 2. The van der Waals surface area contributed by atoms with Crippen molar-refractivity contribution in [2.24, 2.45) is 0 Å². The Kier molecular flexibility index (Phi) is 5.43. The maximum absolute atomic E-state index is 10.8. The molecule has 0 fully saturated rings. The highest BCUT2D eigenvalue weighted by Gasteiger charge is 1.96. The van der Waals surface area contributed by atoms with Crippen LogP contribution in [0.5, 0.6) is 0 Å². The zero-order valence-electron chi connectivity index (χ0n) is 8.82. The van der Waals surface area contributed by atoms with Crippen molar-refractivity contribution in [3.05, 3.63) is 35.9 Å². The standard InChI is InChI=1S/C11H16N2O2/c1-12-11(14)7-8-13-15-9-10-5-3-2-4-6-10/h2-6,13H,7-9H2,1H3,(H,12,14). The Hall–Kier alpha value is -1.39. The van der Waals surface area contributed by atoms with Gasteiger partial charge in [-0.05, 0) is 5.56 Å². The van der Waals surface area contributed by atoms with Crippen LogP contribution in [0.2, 0.25) is 0 Å². The van der Waals surface area contributed by atoms with Gasteiger partial charge in [-0.2, -0.15) is 0 Å². The van der Waals surface area contributed by atoms with Gasteiger partial charge in [-0.25, -0.2) is 5.48 Å². The minimum atomic E-state index is 0.00538. The zero-order valence-corrected chi connectivity index (χ0v) is 8.82. The Balaban J connectivity index is 2.05. The fraction of sp³-hybridized carbons (Fsp3) is 0.364. The van der Waals surface area contributed by atoms with Crippen molar-refractivity contribution < 1.29 is 9.63 Å². The van der Waals surface area contributed by atoms with Crippen LogP contribution >= 0.6 is 0 Å². The number of rotatable bonds is 6. The van der Waals surface area contributed by atoms with Crippen molar-refractivity contribution in [3.63, 3.8) is 0 Å². The van der Waals surface area contributed by atoms with Gasteiger partial charge in [0.25, 0.3) is 0 Å². The van der Waals surface area contributed by atoms with E-state index in [9.17, 15) is 4.79 Å². The van der Waals surface area contributed by atoms with Crippen molar-refractivity contribution in [2.45, 2.75) is 13.0 Å². The largest absolute Gasteiger partial charge is 0.359 e. The zero-order chi connectivity index (χ0) is 10.9. The smallest absolute Gasteiger partial charge is 0.221 e. The summed E-state index contributed by atoms with van der Waals surface area (Å²) in [5.41, 5.74) is 3.84. The molecule has 0 saturated heterocycles. The predicted octanol–water partition coefficient (Wildman–Crippen LogP) is 0.844. The molecule has 82 valence electrons. The van der Waals surface area contributed by atoms with E-state index in [1.54, 1.807) is 7.05 Å². The molecule has 0 aliphatic heterocycles. The topological polar surface area (TPSA) is 50.4 Å². The van der Waals surface area contributed by atoms with Crippen molar-refractivity contribution in [3.8, 4) is 0 Å². The van der Waals surface area contributed by atoms with E-state index >= 15 is 0 Å². The first-order valence-electron chi connectivity index (χ1n) is 4.92. The van der Waals surface area contributed by atoms with Crippen molar-refractivity contribution >= 4 is 5.91 Å². The Morgan fingerprint density at radius 2 is 2.07 bits per heavy atom. The summed E-state index contributed by atoms with van der Waals surface area (Å²) in [6.07, 6.45) is 0.422. The molecule has 0 aliphatic rings. The maximum Gasteiger partial charge on any atom is 0.221 e. The van der Waals surface area contributed by atoms with Crippen LogP contribution in [0.1, 0.15) is 12.0 Å². The summed E-state index contributed by atoms with van der Waals surface area (Å²) in [6, 6.07) is 9.86.